The van der Waals surface area contributed by atoms with Crippen LogP contribution in [0.2, 0.25) is 5.02 Å². The predicted octanol–water partition coefficient (Wildman–Crippen LogP) is 2.70. The van der Waals surface area contributed by atoms with Gasteiger partial charge in [0.05, 0.1) is 6.10 Å². The molecule has 2 rings (SSSR count). The second-order valence-corrected chi connectivity index (χ2v) is 4.81. The summed E-state index contributed by atoms with van der Waals surface area (Å²) in [4.78, 5) is 0. The van der Waals surface area contributed by atoms with Gasteiger partial charge in [-0.05, 0) is 44.0 Å². The zero-order chi connectivity index (χ0) is 12.1. The first kappa shape index (κ1) is 12.7. The first-order valence-electron chi connectivity index (χ1n) is 6.05. The minimum absolute atomic E-state index is 0.291. The van der Waals surface area contributed by atoms with Crippen molar-refractivity contribution in [3.8, 4) is 5.75 Å². The lowest BCUT2D eigenvalue weighted by atomic mass is 10.1. The number of hydrogen-bond donors (Lipinski definition) is 2. The minimum atomic E-state index is 0.291. The zero-order valence-corrected chi connectivity index (χ0v) is 10.5. The van der Waals surface area contributed by atoms with Gasteiger partial charge >= 0.3 is 0 Å². The van der Waals surface area contributed by atoms with Crippen LogP contribution in [0.4, 0.5) is 0 Å². The van der Waals surface area contributed by atoms with Gasteiger partial charge in [-0.25, -0.2) is 0 Å². The molecule has 0 radical (unpaired) electrons. The van der Waals surface area contributed by atoms with Crippen molar-refractivity contribution in [3.63, 3.8) is 0 Å². The van der Waals surface area contributed by atoms with Crippen molar-refractivity contribution in [3.05, 3.63) is 28.8 Å². The van der Waals surface area contributed by atoms with Gasteiger partial charge in [0.1, 0.15) is 5.75 Å². The fraction of sp³-hybridized carbons (Fsp3) is 0.538. The van der Waals surface area contributed by atoms with E-state index in [0.29, 0.717) is 23.4 Å². The Hall–Kier alpha value is -0.770. The molecule has 0 spiro atoms. The summed E-state index contributed by atoms with van der Waals surface area (Å²) in [6.07, 6.45) is 3.79. The maximum Gasteiger partial charge on any atom is 0.120 e. The Bertz CT molecular complexity index is 364. The van der Waals surface area contributed by atoms with Gasteiger partial charge in [0.25, 0.3) is 0 Å². The second-order valence-electron chi connectivity index (χ2n) is 4.37. The van der Waals surface area contributed by atoms with E-state index in [4.69, 9.17) is 16.3 Å². The first-order valence-corrected chi connectivity index (χ1v) is 6.43. The zero-order valence-electron chi connectivity index (χ0n) is 9.79. The summed E-state index contributed by atoms with van der Waals surface area (Å²) in [6.45, 7) is 2.44. The molecule has 0 amide bonds. The molecule has 17 heavy (non-hydrogen) atoms. The van der Waals surface area contributed by atoms with Crippen LogP contribution in [0.5, 0.6) is 5.75 Å². The van der Waals surface area contributed by atoms with Crippen LogP contribution in [0.1, 0.15) is 24.8 Å². The van der Waals surface area contributed by atoms with Crippen molar-refractivity contribution in [2.24, 2.45) is 0 Å². The molecule has 1 aromatic carbocycles. The predicted molar refractivity (Wildman–Crippen MR) is 68.4 cm³/mol. The quantitative estimate of drug-likeness (QED) is 0.795. The van der Waals surface area contributed by atoms with Gasteiger partial charge in [0.15, 0.2) is 0 Å². The van der Waals surface area contributed by atoms with Gasteiger partial charge in [0.2, 0.25) is 0 Å². The Balaban J connectivity index is 1.72. The number of rotatable bonds is 5. The summed E-state index contributed by atoms with van der Waals surface area (Å²) in [7, 11) is 0. The van der Waals surface area contributed by atoms with Gasteiger partial charge in [0, 0.05) is 23.7 Å². The van der Waals surface area contributed by atoms with Crippen LogP contribution in [-0.4, -0.2) is 24.4 Å². The van der Waals surface area contributed by atoms with Crippen LogP contribution in [0.25, 0.3) is 0 Å². The summed E-state index contributed by atoms with van der Waals surface area (Å²) in [5, 5.41) is 13.6. The third-order valence-corrected chi connectivity index (χ3v) is 3.26. The van der Waals surface area contributed by atoms with E-state index < -0.39 is 0 Å². The lowest BCUT2D eigenvalue weighted by Crippen LogP contribution is -2.19. The van der Waals surface area contributed by atoms with Crippen LogP contribution in [-0.2, 0) is 11.3 Å². The van der Waals surface area contributed by atoms with E-state index >= 15 is 0 Å². The largest absolute Gasteiger partial charge is 0.508 e. The number of hydrogen-bond acceptors (Lipinski definition) is 3. The van der Waals surface area contributed by atoms with E-state index in [1.54, 1.807) is 18.2 Å². The molecule has 1 aliphatic heterocycles. The lowest BCUT2D eigenvalue weighted by Gasteiger charge is -2.10. The molecule has 4 heteroatoms. The molecule has 1 heterocycles. The van der Waals surface area contributed by atoms with E-state index in [2.05, 4.69) is 5.32 Å². The molecule has 3 nitrogen and oxygen atoms in total. The molecule has 0 bridgehead atoms. The fourth-order valence-electron chi connectivity index (χ4n) is 2.05. The molecule has 0 saturated carbocycles. The average Bonchev–Trinajstić information content (AvgIpc) is 2.82. The van der Waals surface area contributed by atoms with E-state index in [-0.39, 0.29) is 0 Å². The lowest BCUT2D eigenvalue weighted by molar-refractivity contribution is 0.104. The first-order chi connectivity index (χ1) is 8.25. The molecule has 94 valence electrons. The molecule has 1 aromatic rings. The number of benzene rings is 1. The second kappa shape index (κ2) is 6.24. The number of ether oxygens (including phenoxy) is 1. The Labute approximate surface area is 107 Å². The van der Waals surface area contributed by atoms with Gasteiger partial charge in [-0.2, -0.15) is 0 Å². The normalized spacial score (nSPS) is 19.7. The molecule has 1 aliphatic rings. The Morgan fingerprint density at radius 1 is 1.47 bits per heavy atom. The fourth-order valence-corrected chi connectivity index (χ4v) is 2.25. The van der Waals surface area contributed by atoms with Crippen molar-refractivity contribution in [2.45, 2.75) is 31.9 Å². The van der Waals surface area contributed by atoms with Crippen LogP contribution < -0.4 is 5.32 Å². The number of phenolic OH excluding ortho intramolecular Hbond substituents is 1. The van der Waals surface area contributed by atoms with Gasteiger partial charge in [-0.15, -0.1) is 0 Å². The van der Waals surface area contributed by atoms with E-state index in [1.807, 2.05) is 0 Å². The molecular weight excluding hydrogens is 238 g/mol. The number of halogens is 1. The van der Waals surface area contributed by atoms with Gasteiger partial charge < -0.3 is 15.2 Å². The van der Waals surface area contributed by atoms with Crippen molar-refractivity contribution in [2.75, 3.05) is 13.2 Å². The maximum absolute atomic E-state index is 9.62. The highest BCUT2D eigenvalue weighted by Crippen LogP contribution is 2.21. The highest BCUT2D eigenvalue weighted by molar-refractivity contribution is 6.30. The Morgan fingerprint density at radius 2 is 2.35 bits per heavy atom. The molecular formula is C13H18ClNO2. The SMILES string of the molecule is Oc1ccc(Cl)cc1CNCC[C@H]1CCCO1. The van der Waals surface area contributed by atoms with Crippen molar-refractivity contribution in [1.82, 2.24) is 5.32 Å². The summed E-state index contributed by atoms with van der Waals surface area (Å²) in [5.41, 5.74) is 0.838. The summed E-state index contributed by atoms with van der Waals surface area (Å²) in [6, 6.07) is 5.10. The molecule has 0 aromatic heterocycles. The highest BCUT2D eigenvalue weighted by atomic mass is 35.5. The molecule has 0 unspecified atom stereocenters. The van der Waals surface area contributed by atoms with Crippen LogP contribution >= 0.6 is 11.6 Å². The Morgan fingerprint density at radius 3 is 3.12 bits per heavy atom. The van der Waals surface area contributed by atoms with E-state index in [0.717, 1.165) is 25.1 Å². The van der Waals surface area contributed by atoms with Crippen LogP contribution in [0, 0.1) is 0 Å². The third-order valence-electron chi connectivity index (χ3n) is 3.02. The minimum Gasteiger partial charge on any atom is -0.508 e. The topological polar surface area (TPSA) is 41.5 Å². The van der Waals surface area contributed by atoms with Crippen LogP contribution in [0.15, 0.2) is 18.2 Å². The third kappa shape index (κ3) is 3.87. The maximum atomic E-state index is 9.62. The summed E-state index contributed by atoms with van der Waals surface area (Å²) >= 11 is 5.87. The van der Waals surface area contributed by atoms with Crippen molar-refractivity contribution in [1.29, 1.82) is 0 Å². The standard InChI is InChI=1S/C13H18ClNO2/c14-11-3-4-13(16)10(8-11)9-15-6-5-12-2-1-7-17-12/h3-4,8,12,15-16H,1-2,5-7,9H2/t12-/m1/s1. The van der Waals surface area contributed by atoms with E-state index in [9.17, 15) is 5.11 Å². The highest BCUT2D eigenvalue weighted by Gasteiger charge is 2.14. The molecule has 2 N–H and O–H groups in total. The van der Waals surface area contributed by atoms with Crippen LogP contribution in [0.3, 0.4) is 0 Å². The summed E-state index contributed by atoms with van der Waals surface area (Å²) < 4.78 is 5.54. The molecule has 0 aliphatic carbocycles. The molecule has 1 fully saturated rings. The van der Waals surface area contributed by atoms with E-state index in [1.165, 1.54) is 12.8 Å². The Kier molecular flexibility index (Phi) is 4.66. The van der Waals surface area contributed by atoms with Gasteiger partial charge in [-0.3, -0.25) is 0 Å². The van der Waals surface area contributed by atoms with Crippen molar-refractivity contribution >= 4 is 11.6 Å². The molecule has 1 atom stereocenters. The number of phenols is 1. The monoisotopic (exact) mass is 255 g/mol. The van der Waals surface area contributed by atoms with Crippen molar-refractivity contribution < 1.29 is 9.84 Å². The molecule has 1 saturated heterocycles. The summed E-state index contributed by atoms with van der Waals surface area (Å²) in [5.74, 6) is 0.291. The average molecular weight is 256 g/mol. The smallest absolute Gasteiger partial charge is 0.120 e. The number of aromatic hydroxyl groups is 1. The van der Waals surface area contributed by atoms with Gasteiger partial charge in [-0.1, -0.05) is 11.6 Å². The number of nitrogens with one attached hydrogen (secondary N) is 1.